The minimum atomic E-state index is -1.62. The maximum atomic E-state index is 10.7. The zero-order valence-corrected chi connectivity index (χ0v) is 10.6. The lowest BCUT2D eigenvalue weighted by Gasteiger charge is -2.09. The van der Waals surface area contributed by atoms with Crippen LogP contribution in [0, 0.1) is 0 Å². The molecule has 2 N–H and O–H groups in total. The molecule has 0 saturated heterocycles. The Morgan fingerprint density at radius 1 is 1.29 bits per heavy atom. The van der Waals surface area contributed by atoms with Crippen LogP contribution in [0.3, 0.4) is 0 Å². The second-order valence-electron chi connectivity index (χ2n) is 2.65. The van der Waals surface area contributed by atoms with Crippen LogP contribution in [-0.4, -0.2) is 43.0 Å². The van der Waals surface area contributed by atoms with Gasteiger partial charge in [0.1, 0.15) is 0 Å². The highest BCUT2D eigenvalue weighted by Crippen LogP contribution is 1.84. The number of esters is 1. The molecule has 0 aromatic heterocycles. The van der Waals surface area contributed by atoms with Gasteiger partial charge in [0.05, 0.1) is 6.61 Å². The molecule has 0 fully saturated rings. The van der Waals surface area contributed by atoms with Crippen LogP contribution < -0.4 is 5.32 Å². The summed E-state index contributed by atoms with van der Waals surface area (Å²) >= 11 is 0. The molecule has 0 radical (unpaired) electrons. The molecular weight excluding hydrogens is 226 g/mol. The second-order valence-corrected chi connectivity index (χ2v) is 2.65. The third-order valence-electron chi connectivity index (χ3n) is 1.38. The topological polar surface area (TPSA) is 84.9 Å². The average Bonchev–Trinajstić information content (AvgIpc) is 2.31. The lowest BCUT2D eigenvalue weighted by atomic mass is 10.5. The number of carbonyl (C=O) groups excluding carboxylic acids is 2. The summed E-state index contributed by atoms with van der Waals surface area (Å²) in [6.07, 6.45) is -0.668. The Morgan fingerprint density at radius 3 is 2.12 bits per heavy atom. The van der Waals surface area contributed by atoms with Crippen molar-refractivity contribution in [3.05, 3.63) is 12.7 Å². The highest BCUT2D eigenvalue weighted by Gasteiger charge is 2.16. The molecule has 1 amide bonds. The van der Waals surface area contributed by atoms with Gasteiger partial charge in [-0.2, -0.15) is 0 Å². The van der Waals surface area contributed by atoms with Gasteiger partial charge < -0.3 is 19.9 Å². The summed E-state index contributed by atoms with van der Waals surface area (Å²) in [5.74, 6) is -1.51. The van der Waals surface area contributed by atoms with E-state index in [9.17, 15) is 9.59 Å². The minimum absolute atomic E-state index is 0.153. The fourth-order valence-corrected chi connectivity index (χ4v) is 0.678. The van der Waals surface area contributed by atoms with E-state index >= 15 is 0 Å². The Kier molecular flexibility index (Phi) is 13.4. The standard InChI is InChI=1S/C7H11NO4.C4H10O/c1-3-5(9)8-6(10)7(11)12-4-2;1-3-5-4-2/h3,6,10H,1,4H2,2H3,(H,8,9);3-4H2,1-2H3. The zero-order chi connectivity index (χ0) is 13.7. The van der Waals surface area contributed by atoms with E-state index in [1.54, 1.807) is 6.92 Å². The van der Waals surface area contributed by atoms with Crippen LogP contribution in [-0.2, 0) is 19.1 Å². The van der Waals surface area contributed by atoms with Crippen LogP contribution in [0.1, 0.15) is 20.8 Å². The van der Waals surface area contributed by atoms with Crippen LogP contribution in [0.2, 0.25) is 0 Å². The molecule has 17 heavy (non-hydrogen) atoms. The van der Waals surface area contributed by atoms with Gasteiger partial charge in [-0.25, -0.2) is 4.79 Å². The summed E-state index contributed by atoms with van der Waals surface area (Å²) < 4.78 is 9.24. The molecule has 0 aromatic carbocycles. The first-order chi connectivity index (χ1) is 8.03. The summed E-state index contributed by atoms with van der Waals surface area (Å²) in [6.45, 7) is 10.6. The van der Waals surface area contributed by atoms with Crippen LogP contribution in [0.25, 0.3) is 0 Å². The highest BCUT2D eigenvalue weighted by atomic mass is 16.5. The number of aliphatic hydroxyl groups excluding tert-OH is 1. The van der Waals surface area contributed by atoms with Crippen molar-refractivity contribution in [2.75, 3.05) is 19.8 Å². The number of hydrogen-bond donors (Lipinski definition) is 2. The Labute approximate surface area is 102 Å². The van der Waals surface area contributed by atoms with E-state index in [1.807, 2.05) is 19.2 Å². The van der Waals surface area contributed by atoms with Gasteiger partial charge >= 0.3 is 5.97 Å². The highest BCUT2D eigenvalue weighted by molar-refractivity contribution is 5.90. The summed E-state index contributed by atoms with van der Waals surface area (Å²) in [6, 6.07) is 0. The maximum Gasteiger partial charge on any atom is 0.356 e. The molecule has 0 bridgehead atoms. The van der Waals surface area contributed by atoms with Gasteiger partial charge in [0.15, 0.2) is 0 Å². The monoisotopic (exact) mass is 247 g/mol. The first-order valence-corrected chi connectivity index (χ1v) is 5.38. The van der Waals surface area contributed by atoms with Crippen molar-refractivity contribution in [1.82, 2.24) is 5.32 Å². The third kappa shape index (κ3) is 12.5. The van der Waals surface area contributed by atoms with Crippen LogP contribution in [0.15, 0.2) is 12.7 Å². The normalized spacial score (nSPS) is 10.6. The van der Waals surface area contributed by atoms with Gasteiger partial charge in [0, 0.05) is 13.2 Å². The smallest absolute Gasteiger partial charge is 0.356 e. The average molecular weight is 247 g/mol. The van der Waals surface area contributed by atoms with Crippen molar-refractivity contribution in [2.45, 2.75) is 27.0 Å². The molecule has 0 aromatic rings. The van der Waals surface area contributed by atoms with Crippen LogP contribution in [0.4, 0.5) is 0 Å². The Bertz CT molecular complexity index is 228. The second kappa shape index (κ2) is 12.7. The zero-order valence-electron chi connectivity index (χ0n) is 10.6. The van der Waals surface area contributed by atoms with Crippen molar-refractivity contribution in [3.63, 3.8) is 0 Å². The number of hydrogen-bond acceptors (Lipinski definition) is 5. The predicted molar refractivity (Wildman–Crippen MR) is 63.1 cm³/mol. The molecule has 0 saturated carbocycles. The molecule has 0 aliphatic rings. The first-order valence-electron chi connectivity index (χ1n) is 5.38. The number of carbonyl (C=O) groups is 2. The van der Waals surface area contributed by atoms with Gasteiger partial charge in [0.25, 0.3) is 0 Å². The SMILES string of the molecule is C=CC(=O)NC(O)C(=O)OCC.CCOCC. The van der Waals surface area contributed by atoms with Crippen molar-refractivity contribution >= 4 is 11.9 Å². The van der Waals surface area contributed by atoms with Crippen molar-refractivity contribution in [1.29, 1.82) is 0 Å². The van der Waals surface area contributed by atoms with E-state index in [1.165, 1.54) is 0 Å². The molecule has 6 heteroatoms. The number of nitrogens with one attached hydrogen (secondary N) is 1. The maximum absolute atomic E-state index is 10.7. The van der Waals surface area contributed by atoms with Gasteiger partial charge in [-0.1, -0.05) is 6.58 Å². The van der Waals surface area contributed by atoms with Gasteiger partial charge in [0.2, 0.25) is 12.1 Å². The van der Waals surface area contributed by atoms with Crippen molar-refractivity contribution < 1.29 is 24.2 Å². The van der Waals surface area contributed by atoms with E-state index in [-0.39, 0.29) is 6.61 Å². The third-order valence-corrected chi connectivity index (χ3v) is 1.38. The van der Waals surface area contributed by atoms with Gasteiger partial charge in [-0.3, -0.25) is 4.79 Å². The number of rotatable bonds is 6. The molecule has 0 spiro atoms. The molecule has 1 atom stereocenters. The fourth-order valence-electron chi connectivity index (χ4n) is 0.678. The first kappa shape index (κ1) is 18.0. The van der Waals surface area contributed by atoms with Crippen molar-refractivity contribution in [2.24, 2.45) is 0 Å². The molecule has 0 aliphatic carbocycles. The summed E-state index contributed by atoms with van der Waals surface area (Å²) in [4.78, 5) is 21.2. The van der Waals surface area contributed by atoms with Crippen molar-refractivity contribution in [3.8, 4) is 0 Å². The van der Waals surface area contributed by atoms with Crippen LogP contribution in [0.5, 0.6) is 0 Å². The summed E-state index contributed by atoms with van der Waals surface area (Å²) in [7, 11) is 0. The lowest BCUT2D eigenvalue weighted by Crippen LogP contribution is -2.40. The van der Waals surface area contributed by atoms with E-state index in [2.05, 4.69) is 11.3 Å². The molecule has 0 rings (SSSR count). The Morgan fingerprint density at radius 2 is 1.82 bits per heavy atom. The van der Waals surface area contributed by atoms with E-state index in [0.717, 1.165) is 19.3 Å². The molecular formula is C11H21NO5. The summed E-state index contributed by atoms with van der Waals surface area (Å²) in [5, 5.41) is 10.8. The van der Waals surface area contributed by atoms with Gasteiger partial charge in [-0.05, 0) is 26.8 Å². The van der Waals surface area contributed by atoms with E-state index < -0.39 is 18.1 Å². The largest absolute Gasteiger partial charge is 0.463 e. The summed E-state index contributed by atoms with van der Waals surface area (Å²) in [5.41, 5.74) is 0. The Balaban J connectivity index is 0. The molecule has 0 heterocycles. The quantitative estimate of drug-likeness (QED) is 0.398. The molecule has 6 nitrogen and oxygen atoms in total. The Hall–Kier alpha value is -1.40. The molecule has 1 unspecified atom stereocenters. The fraction of sp³-hybridized carbons (Fsp3) is 0.636. The van der Waals surface area contributed by atoms with Crippen LogP contribution >= 0.6 is 0 Å². The number of amides is 1. The minimum Gasteiger partial charge on any atom is -0.463 e. The predicted octanol–water partition coefficient (Wildman–Crippen LogP) is 0.213. The van der Waals surface area contributed by atoms with E-state index in [4.69, 9.17) is 9.84 Å². The van der Waals surface area contributed by atoms with Gasteiger partial charge in [-0.15, -0.1) is 0 Å². The number of ether oxygens (including phenoxy) is 2. The van der Waals surface area contributed by atoms with E-state index in [0.29, 0.717) is 0 Å². The number of aliphatic hydroxyl groups is 1. The molecule has 0 aliphatic heterocycles. The molecule has 100 valence electrons. The lowest BCUT2D eigenvalue weighted by molar-refractivity contribution is -0.156.